The molecule has 0 aromatic rings. The number of hydrogen-bond donors (Lipinski definition) is 1. The van der Waals surface area contributed by atoms with Crippen molar-refractivity contribution in [2.24, 2.45) is 0 Å². The van der Waals surface area contributed by atoms with E-state index in [9.17, 15) is 13.6 Å². The number of alkyl halides is 2. The van der Waals surface area contributed by atoms with Gasteiger partial charge in [-0.2, -0.15) is 0 Å². The smallest absolute Gasteiger partial charge is 0.262 e. The first-order chi connectivity index (χ1) is 6.99. The second-order valence-electron chi connectivity index (χ2n) is 4.52. The number of amides is 1. The second kappa shape index (κ2) is 4.84. The van der Waals surface area contributed by atoms with Crippen LogP contribution < -0.4 is 5.32 Å². The molecule has 2 unspecified atom stereocenters. The normalized spacial score (nSPS) is 32.6. The molecule has 1 N–H and O–H groups in total. The quantitative estimate of drug-likeness (QED) is 0.768. The number of halogens is 3. The van der Waals surface area contributed by atoms with Crippen LogP contribution in [0.5, 0.6) is 0 Å². The van der Waals surface area contributed by atoms with Crippen molar-refractivity contribution < 1.29 is 13.6 Å². The van der Waals surface area contributed by atoms with E-state index in [2.05, 4.69) is 5.32 Å². The van der Waals surface area contributed by atoms with Gasteiger partial charge in [0, 0.05) is 19.0 Å². The lowest BCUT2D eigenvalue weighted by Crippen LogP contribution is -2.44. The molecule has 94 valence electrons. The van der Waals surface area contributed by atoms with Crippen LogP contribution in [-0.4, -0.2) is 41.9 Å². The fourth-order valence-electron chi connectivity index (χ4n) is 2.35. The molecule has 0 aliphatic carbocycles. The number of nitrogens with zero attached hydrogens (tertiary/aromatic N) is 1. The maximum Gasteiger partial charge on any atom is 0.262 e. The van der Waals surface area contributed by atoms with Crippen LogP contribution in [0.4, 0.5) is 8.78 Å². The average Bonchev–Trinajstić information content (AvgIpc) is 2.71. The number of nitrogens with one attached hydrogen (secondary N) is 1. The van der Waals surface area contributed by atoms with Gasteiger partial charge in [0.1, 0.15) is 0 Å². The van der Waals surface area contributed by atoms with Crippen LogP contribution in [0.15, 0.2) is 0 Å². The standard InChI is InChI=1S/C10H16F2N2O.ClH/c1-7-3-2-4-14(7)9(15)8-5-10(11,12)6-13-8;/h7-8,13H,2-6H2,1H3;1H. The largest absolute Gasteiger partial charge is 0.339 e. The topological polar surface area (TPSA) is 32.3 Å². The number of likely N-dealkylation sites (tertiary alicyclic amines) is 1. The summed E-state index contributed by atoms with van der Waals surface area (Å²) in [4.78, 5) is 13.6. The van der Waals surface area contributed by atoms with Gasteiger partial charge < -0.3 is 4.90 Å². The molecule has 0 aromatic carbocycles. The lowest BCUT2D eigenvalue weighted by Gasteiger charge is -2.24. The highest BCUT2D eigenvalue weighted by atomic mass is 35.5. The molecule has 3 nitrogen and oxygen atoms in total. The van der Waals surface area contributed by atoms with Crippen LogP contribution in [-0.2, 0) is 4.79 Å². The molecule has 0 bridgehead atoms. The van der Waals surface area contributed by atoms with Gasteiger partial charge in [0.15, 0.2) is 0 Å². The summed E-state index contributed by atoms with van der Waals surface area (Å²) >= 11 is 0. The summed E-state index contributed by atoms with van der Waals surface area (Å²) in [6.45, 7) is 2.31. The van der Waals surface area contributed by atoms with Gasteiger partial charge >= 0.3 is 0 Å². The molecule has 2 saturated heterocycles. The number of hydrogen-bond acceptors (Lipinski definition) is 2. The number of carbonyl (C=O) groups excluding carboxylic acids is 1. The van der Waals surface area contributed by atoms with Crippen molar-refractivity contribution in [3.8, 4) is 0 Å². The van der Waals surface area contributed by atoms with Crippen molar-refractivity contribution in [1.82, 2.24) is 10.2 Å². The predicted molar refractivity (Wildman–Crippen MR) is 59.0 cm³/mol. The molecule has 2 heterocycles. The van der Waals surface area contributed by atoms with Crippen LogP contribution in [0.2, 0.25) is 0 Å². The lowest BCUT2D eigenvalue weighted by atomic mass is 10.1. The van der Waals surface area contributed by atoms with Crippen molar-refractivity contribution in [2.75, 3.05) is 13.1 Å². The molecule has 2 aliphatic heterocycles. The Kier molecular flexibility index (Phi) is 4.12. The number of rotatable bonds is 1. The van der Waals surface area contributed by atoms with Crippen molar-refractivity contribution in [3.63, 3.8) is 0 Å². The monoisotopic (exact) mass is 254 g/mol. The third-order valence-electron chi connectivity index (χ3n) is 3.24. The summed E-state index contributed by atoms with van der Waals surface area (Å²) in [6, 6.07) is -0.478. The first-order valence-corrected chi connectivity index (χ1v) is 5.41. The highest BCUT2D eigenvalue weighted by Gasteiger charge is 2.44. The summed E-state index contributed by atoms with van der Waals surface area (Å²) in [5.41, 5.74) is 0. The molecule has 2 rings (SSSR count). The van der Waals surface area contributed by atoms with Crippen molar-refractivity contribution in [2.45, 2.75) is 44.2 Å². The molecule has 0 spiro atoms. The summed E-state index contributed by atoms with van der Waals surface area (Å²) < 4.78 is 25.8. The minimum atomic E-state index is -2.72. The third-order valence-corrected chi connectivity index (χ3v) is 3.24. The van der Waals surface area contributed by atoms with Gasteiger partial charge in [-0.25, -0.2) is 8.78 Å². The zero-order valence-electron chi connectivity index (χ0n) is 9.21. The van der Waals surface area contributed by atoms with Crippen LogP contribution in [0, 0.1) is 0 Å². The molecule has 2 aliphatic rings. The molecule has 6 heteroatoms. The van der Waals surface area contributed by atoms with E-state index in [0.717, 1.165) is 12.8 Å². The van der Waals surface area contributed by atoms with E-state index in [4.69, 9.17) is 0 Å². The average molecular weight is 255 g/mol. The highest BCUT2D eigenvalue weighted by Crippen LogP contribution is 2.27. The predicted octanol–water partition coefficient (Wildman–Crippen LogP) is 1.42. The Bertz CT molecular complexity index is 276. The maximum atomic E-state index is 12.9. The first-order valence-electron chi connectivity index (χ1n) is 5.41. The zero-order chi connectivity index (χ0) is 11.1. The molecule has 0 radical (unpaired) electrons. The Hall–Kier alpha value is -0.420. The summed E-state index contributed by atoms with van der Waals surface area (Å²) in [6.07, 6.45) is 1.61. The fourth-order valence-corrected chi connectivity index (χ4v) is 2.35. The molecule has 1 amide bonds. The molecular weight excluding hydrogens is 238 g/mol. The Morgan fingerprint density at radius 1 is 1.50 bits per heavy atom. The fraction of sp³-hybridized carbons (Fsp3) is 0.900. The van der Waals surface area contributed by atoms with E-state index in [-0.39, 0.29) is 37.3 Å². The van der Waals surface area contributed by atoms with Crippen molar-refractivity contribution in [3.05, 3.63) is 0 Å². The van der Waals surface area contributed by atoms with Gasteiger partial charge in [-0.1, -0.05) is 0 Å². The van der Waals surface area contributed by atoms with Gasteiger partial charge in [0.25, 0.3) is 5.92 Å². The molecule has 16 heavy (non-hydrogen) atoms. The van der Waals surface area contributed by atoms with Crippen LogP contribution >= 0.6 is 12.4 Å². The summed E-state index contributed by atoms with van der Waals surface area (Å²) in [7, 11) is 0. The third kappa shape index (κ3) is 2.63. The van der Waals surface area contributed by atoms with E-state index in [1.54, 1.807) is 4.90 Å². The van der Waals surface area contributed by atoms with E-state index >= 15 is 0 Å². The summed E-state index contributed by atoms with van der Waals surface area (Å²) in [5.74, 6) is -2.87. The minimum absolute atomic E-state index is 0. The molecule has 2 fully saturated rings. The molecule has 0 aromatic heterocycles. The highest BCUT2D eigenvalue weighted by molar-refractivity contribution is 5.85. The Morgan fingerprint density at radius 3 is 2.62 bits per heavy atom. The SMILES string of the molecule is CC1CCCN1C(=O)C1CC(F)(F)CN1.Cl. The van der Waals surface area contributed by atoms with Crippen LogP contribution in [0.3, 0.4) is 0 Å². The van der Waals surface area contributed by atoms with Crippen LogP contribution in [0.25, 0.3) is 0 Å². The minimum Gasteiger partial charge on any atom is -0.339 e. The zero-order valence-corrected chi connectivity index (χ0v) is 10.0. The second-order valence-corrected chi connectivity index (χ2v) is 4.52. The van der Waals surface area contributed by atoms with E-state index < -0.39 is 12.0 Å². The van der Waals surface area contributed by atoms with Gasteiger partial charge in [0.05, 0.1) is 12.6 Å². The Labute approximate surface area is 100.0 Å². The Morgan fingerprint density at radius 2 is 2.19 bits per heavy atom. The van der Waals surface area contributed by atoms with Gasteiger partial charge in [-0.15, -0.1) is 12.4 Å². The number of carbonyl (C=O) groups is 1. The molecular formula is C10H17ClF2N2O. The molecule has 2 atom stereocenters. The van der Waals surface area contributed by atoms with Gasteiger partial charge in [0.2, 0.25) is 5.91 Å². The van der Waals surface area contributed by atoms with Crippen LogP contribution in [0.1, 0.15) is 26.2 Å². The molecule has 0 saturated carbocycles. The van der Waals surface area contributed by atoms with Gasteiger partial charge in [-0.3, -0.25) is 10.1 Å². The van der Waals surface area contributed by atoms with E-state index in [0.29, 0.717) is 6.54 Å². The maximum absolute atomic E-state index is 12.9. The Balaban J connectivity index is 0.00000128. The van der Waals surface area contributed by atoms with E-state index in [1.807, 2.05) is 6.92 Å². The van der Waals surface area contributed by atoms with E-state index in [1.165, 1.54) is 0 Å². The summed E-state index contributed by atoms with van der Waals surface area (Å²) in [5, 5.41) is 2.60. The lowest BCUT2D eigenvalue weighted by molar-refractivity contribution is -0.134. The first kappa shape index (κ1) is 13.6. The van der Waals surface area contributed by atoms with Crippen molar-refractivity contribution in [1.29, 1.82) is 0 Å². The van der Waals surface area contributed by atoms with Gasteiger partial charge in [-0.05, 0) is 19.8 Å². The van der Waals surface area contributed by atoms with Crippen molar-refractivity contribution >= 4 is 18.3 Å².